The number of nitrogens with one attached hydrogen (secondary N) is 1. The summed E-state index contributed by atoms with van der Waals surface area (Å²) in [5, 5.41) is 16.9. The second kappa shape index (κ2) is 9.38. The molecule has 3 aromatic heterocycles. The predicted octanol–water partition coefficient (Wildman–Crippen LogP) is 4.14. The summed E-state index contributed by atoms with van der Waals surface area (Å²) in [6, 6.07) is 11.7. The maximum atomic E-state index is 13.0. The molecule has 176 valence electrons. The average Bonchev–Trinajstić information content (AvgIpc) is 3.40. The molecule has 1 atom stereocenters. The maximum absolute atomic E-state index is 13.0. The molecule has 1 aromatic carbocycles. The number of thiazole rings is 1. The van der Waals surface area contributed by atoms with Gasteiger partial charge in [0.25, 0.3) is 0 Å². The number of amides is 1. The van der Waals surface area contributed by atoms with Crippen molar-refractivity contribution in [2.45, 2.75) is 33.6 Å². The zero-order chi connectivity index (χ0) is 23.7. The highest BCUT2D eigenvalue weighted by molar-refractivity contribution is 7.22. The van der Waals surface area contributed by atoms with Gasteiger partial charge in [-0.1, -0.05) is 11.3 Å². The highest BCUT2D eigenvalue weighted by Gasteiger charge is 2.27. The Labute approximate surface area is 201 Å². The molecule has 0 radical (unpaired) electrons. The summed E-state index contributed by atoms with van der Waals surface area (Å²) in [6.07, 6.45) is 1.75. The topological polar surface area (TPSA) is 98.1 Å². The summed E-state index contributed by atoms with van der Waals surface area (Å²) in [5.74, 6) is 2.11. The van der Waals surface area contributed by atoms with E-state index in [1.54, 1.807) is 4.68 Å². The Morgan fingerprint density at radius 2 is 2.00 bits per heavy atom. The summed E-state index contributed by atoms with van der Waals surface area (Å²) in [7, 11) is 0. The Kier molecular flexibility index (Phi) is 6.14. The predicted molar refractivity (Wildman–Crippen MR) is 133 cm³/mol. The van der Waals surface area contributed by atoms with Gasteiger partial charge in [0.1, 0.15) is 5.75 Å². The van der Waals surface area contributed by atoms with Crippen LogP contribution >= 0.6 is 11.3 Å². The van der Waals surface area contributed by atoms with Crippen LogP contribution in [0.15, 0.2) is 36.4 Å². The van der Waals surface area contributed by atoms with Crippen LogP contribution in [0.25, 0.3) is 16.0 Å². The lowest BCUT2D eigenvalue weighted by atomic mass is 9.97. The molecule has 1 unspecified atom stereocenters. The minimum Gasteiger partial charge on any atom is -0.494 e. The lowest BCUT2D eigenvalue weighted by Gasteiger charge is -2.32. The molecule has 1 saturated heterocycles. The molecule has 4 heterocycles. The second-order valence-corrected chi connectivity index (χ2v) is 9.48. The smallest absolute Gasteiger partial charge is 0.231 e. The van der Waals surface area contributed by atoms with Gasteiger partial charge in [0.05, 0.1) is 28.4 Å². The number of rotatable bonds is 6. The molecule has 1 aliphatic rings. The van der Waals surface area contributed by atoms with E-state index in [0.717, 1.165) is 52.6 Å². The number of hydrogen-bond acceptors (Lipinski definition) is 8. The van der Waals surface area contributed by atoms with Crippen molar-refractivity contribution in [3.63, 3.8) is 0 Å². The van der Waals surface area contributed by atoms with Crippen LogP contribution in [0.4, 0.5) is 10.9 Å². The molecule has 0 saturated carbocycles. The van der Waals surface area contributed by atoms with E-state index in [9.17, 15) is 4.79 Å². The first-order valence-electron chi connectivity index (χ1n) is 11.5. The molecule has 0 bridgehead atoms. The third-order valence-corrected chi connectivity index (χ3v) is 6.81. The summed E-state index contributed by atoms with van der Waals surface area (Å²) in [5.41, 5.74) is 2.81. The quantitative estimate of drug-likeness (QED) is 0.446. The van der Waals surface area contributed by atoms with Crippen molar-refractivity contribution >= 4 is 38.4 Å². The summed E-state index contributed by atoms with van der Waals surface area (Å²) in [4.78, 5) is 19.7. The number of piperidine rings is 1. The Bertz CT molecular complexity index is 1310. The summed E-state index contributed by atoms with van der Waals surface area (Å²) in [6.45, 7) is 7.96. The van der Waals surface area contributed by atoms with Gasteiger partial charge in [0.15, 0.2) is 16.8 Å². The normalized spacial score (nSPS) is 16.1. The molecule has 9 nitrogen and oxygen atoms in total. The van der Waals surface area contributed by atoms with Crippen LogP contribution in [0.5, 0.6) is 5.75 Å². The van der Waals surface area contributed by atoms with Crippen molar-refractivity contribution < 1.29 is 9.53 Å². The number of ether oxygens (including phenoxy) is 1. The number of carbonyl (C=O) groups is 1. The van der Waals surface area contributed by atoms with E-state index in [0.29, 0.717) is 24.1 Å². The van der Waals surface area contributed by atoms with Gasteiger partial charge < -0.3 is 15.0 Å². The molecule has 34 heavy (non-hydrogen) atoms. The minimum absolute atomic E-state index is 0.0130. The Hall–Kier alpha value is -3.53. The fraction of sp³-hybridized carbons (Fsp3) is 0.375. The van der Waals surface area contributed by atoms with E-state index in [2.05, 4.69) is 30.5 Å². The zero-order valence-electron chi connectivity index (χ0n) is 19.5. The number of nitrogens with zero attached hydrogens (tertiary/aromatic N) is 6. The highest BCUT2D eigenvalue weighted by atomic mass is 32.1. The monoisotopic (exact) mass is 477 g/mol. The van der Waals surface area contributed by atoms with Crippen LogP contribution in [-0.2, 0) is 4.79 Å². The Morgan fingerprint density at radius 1 is 1.18 bits per heavy atom. The van der Waals surface area contributed by atoms with Crippen LogP contribution in [0.3, 0.4) is 0 Å². The van der Waals surface area contributed by atoms with Gasteiger partial charge in [-0.15, -0.1) is 10.2 Å². The second-order valence-electron chi connectivity index (χ2n) is 8.44. The van der Waals surface area contributed by atoms with Gasteiger partial charge in [0, 0.05) is 18.8 Å². The molecule has 5 rings (SSSR count). The van der Waals surface area contributed by atoms with Crippen LogP contribution in [0.2, 0.25) is 0 Å². The number of benzene rings is 1. The summed E-state index contributed by atoms with van der Waals surface area (Å²) < 4.78 is 8.34. The van der Waals surface area contributed by atoms with Crippen LogP contribution < -0.4 is 15.0 Å². The molecule has 0 spiro atoms. The number of aryl methyl sites for hydroxylation is 2. The van der Waals surface area contributed by atoms with Gasteiger partial charge in [-0.05, 0) is 70.0 Å². The van der Waals surface area contributed by atoms with Crippen molar-refractivity contribution in [3.8, 4) is 11.6 Å². The standard InChI is InChI=1S/C24H27N7O2S/c1-4-33-18-7-8-19-20(13-18)34-24(25-19)26-23(32)17-6-5-11-30(14-17)21-9-10-22(28-27-21)31-16(3)12-15(2)29-31/h7-10,12-13,17H,4-6,11,14H2,1-3H3,(H,25,26,32). The van der Waals surface area contributed by atoms with E-state index < -0.39 is 0 Å². The van der Waals surface area contributed by atoms with Crippen molar-refractivity contribution in [3.05, 3.63) is 47.8 Å². The van der Waals surface area contributed by atoms with Crippen molar-refractivity contribution in [2.24, 2.45) is 5.92 Å². The third-order valence-electron chi connectivity index (χ3n) is 5.88. The van der Waals surface area contributed by atoms with Crippen LogP contribution in [0, 0.1) is 19.8 Å². The van der Waals surface area contributed by atoms with E-state index in [-0.39, 0.29) is 11.8 Å². The number of anilines is 2. The largest absolute Gasteiger partial charge is 0.494 e. The average molecular weight is 478 g/mol. The van der Waals surface area contributed by atoms with E-state index in [1.165, 1.54) is 11.3 Å². The molecular formula is C24H27N7O2S. The van der Waals surface area contributed by atoms with Gasteiger partial charge >= 0.3 is 0 Å². The SMILES string of the molecule is CCOc1ccc2nc(NC(=O)C3CCCN(c4ccc(-n5nc(C)cc5C)nn4)C3)sc2c1. The van der Waals surface area contributed by atoms with E-state index in [1.807, 2.05) is 57.2 Å². The third kappa shape index (κ3) is 4.58. The molecule has 1 fully saturated rings. The first-order valence-corrected chi connectivity index (χ1v) is 12.3. The van der Waals surface area contributed by atoms with Gasteiger partial charge in [0.2, 0.25) is 5.91 Å². The molecule has 4 aromatic rings. The van der Waals surface area contributed by atoms with Crippen molar-refractivity contribution in [2.75, 3.05) is 29.9 Å². The lowest BCUT2D eigenvalue weighted by Crippen LogP contribution is -2.41. The Balaban J connectivity index is 1.25. The van der Waals surface area contributed by atoms with Crippen molar-refractivity contribution in [1.29, 1.82) is 0 Å². The lowest BCUT2D eigenvalue weighted by molar-refractivity contribution is -0.120. The number of aromatic nitrogens is 5. The molecule has 1 N–H and O–H groups in total. The number of carbonyl (C=O) groups excluding carboxylic acids is 1. The number of hydrogen-bond donors (Lipinski definition) is 1. The first-order chi connectivity index (χ1) is 16.5. The van der Waals surface area contributed by atoms with E-state index in [4.69, 9.17) is 4.74 Å². The molecule has 1 amide bonds. The minimum atomic E-state index is -0.141. The molecule has 1 aliphatic heterocycles. The highest BCUT2D eigenvalue weighted by Crippen LogP contribution is 2.30. The fourth-order valence-corrected chi connectivity index (χ4v) is 5.18. The summed E-state index contributed by atoms with van der Waals surface area (Å²) >= 11 is 1.46. The fourth-order valence-electron chi connectivity index (χ4n) is 4.28. The van der Waals surface area contributed by atoms with Gasteiger partial charge in [-0.25, -0.2) is 9.67 Å². The molecule has 10 heteroatoms. The Morgan fingerprint density at radius 3 is 2.74 bits per heavy atom. The maximum Gasteiger partial charge on any atom is 0.231 e. The molecule has 0 aliphatic carbocycles. The molecular weight excluding hydrogens is 450 g/mol. The van der Waals surface area contributed by atoms with Crippen LogP contribution in [0.1, 0.15) is 31.2 Å². The van der Waals surface area contributed by atoms with Gasteiger partial charge in [-0.2, -0.15) is 5.10 Å². The number of fused-ring (bicyclic) bond motifs is 1. The first kappa shape index (κ1) is 22.3. The van der Waals surface area contributed by atoms with Crippen LogP contribution in [-0.4, -0.2) is 50.6 Å². The van der Waals surface area contributed by atoms with Crippen molar-refractivity contribution in [1.82, 2.24) is 25.0 Å². The van der Waals surface area contributed by atoms with Gasteiger partial charge in [-0.3, -0.25) is 4.79 Å². The van der Waals surface area contributed by atoms with E-state index >= 15 is 0 Å². The zero-order valence-corrected chi connectivity index (χ0v) is 20.3.